The van der Waals surface area contributed by atoms with Gasteiger partial charge in [-0.2, -0.15) is 0 Å². The number of carbonyl (C=O) groups excluding carboxylic acids is 5. The van der Waals surface area contributed by atoms with Crippen molar-refractivity contribution in [3.05, 3.63) is 96.1 Å². The van der Waals surface area contributed by atoms with E-state index in [0.29, 0.717) is 45.8 Å². The number of amides is 7. The molecule has 2 aromatic heterocycles. The lowest BCUT2D eigenvalue weighted by Gasteiger charge is -2.41. The van der Waals surface area contributed by atoms with Gasteiger partial charge < -0.3 is 49.8 Å². The number of fused-ring (bicyclic) bond motifs is 2. The molecule has 4 N–H and O–H groups in total. The number of imidazole rings is 2. The van der Waals surface area contributed by atoms with Gasteiger partial charge in [-0.1, -0.05) is 93.1 Å². The number of urea groups is 2. The number of para-hydroxylation sites is 4. The van der Waals surface area contributed by atoms with Gasteiger partial charge in [-0.05, 0) is 90.1 Å². The van der Waals surface area contributed by atoms with Gasteiger partial charge >= 0.3 is 18.2 Å². The molecular weight excluding hydrogens is 937 g/mol. The number of rotatable bonds is 12. The Bertz CT molecular complexity index is 2690. The van der Waals surface area contributed by atoms with Crippen molar-refractivity contribution in [3.63, 3.8) is 0 Å². The molecule has 4 aliphatic rings. The molecule has 74 heavy (non-hydrogen) atoms. The first-order chi connectivity index (χ1) is 35.7. The molecule has 0 bridgehead atoms. The smallest absolute Gasteiger partial charge is 0.410 e. The van der Waals surface area contributed by atoms with E-state index in [0.717, 1.165) is 98.2 Å². The number of aryl methyl sites for hydroxylation is 2. The second kappa shape index (κ2) is 25.0. The average Bonchev–Trinajstić information content (AvgIpc) is 3.90. The first kappa shape index (κ1) is 53.6. The van der Waals surface area contributed by atoms with Crippen molar-refractivity contribution in [3.8, 4) is 0 Å². The molecule has 4 fully saturated rings. The number of hydrogen-bond donors (Lipinski definition) is 4. The number of ether oxygens (including phenoxy) is 1. The molecule has 2 aliphatic heterocycles. The summed E-state index contributed by atoms with van der Waals surface area (Å²) >= 11 is 0. The van der Waals surface area contributed by atoms with Gasteiger partial charge in [0.15, 0.2) is 0 Å². The summed E-state index contributed by atoms with van der Waals surface area (Å²) in [6.45, 7) is 14.6. The van der Waals surface area contributed by atoms with Crippen LogP contribution in [0.5, 0.6) is 0 Å². The predicted octanol–water partition coefficient (Wildman–Crippen LogP) is 7.11. The summed E-state index contributed by atoms with van der Waals surface area (Å²) < 4.78 is 9.73. The van der Waals surface area contributed by atoms with E-state index in [1.165, 1.54) is 23.3 Å². The molecule has 2 aliphatic carbocycles. The molecule has 18 heteroatoms. The Morgan fingerprint density at radius 1 is 0.581 bits per heavy atom. The minimum atomic E-state index is -0.800. The molecule has 4 heterocycles. The van der Waals surface area contributed by atoms with Crippen molar-refractivity contribution in [1.29, 1.82) is 0 Å². The molecule has 0 radical (unpaired) electrons. The minimum Gasteiger partial charge on any atom is -0.444 e. The average molecular weight is 1020 g/mol. The van der Waals surface area contributed by atoms with Gasteiger partial charge in [0.05, 0.1) is 28.6 Å². The van der Waals surface area contributed by atoms with E-state index in [9.17, 15) is 24.0 Å². The normalized spacial score (nSPS) is 19.1. The number of nitrogens with one attached hydrogen (secondary N) is 4. The number of piperazine rings is 2. The van der Waals surface area contributed by atoms with Gasteiger partial charge in [0, 0.05) is 77.5 Å². The van der Waals surface area contributed by atoms with Gasteiger partial charge in [-0.3, -0.25) is 14.5 Å². The third kappa shape index (κ3) is 14.1. The van der Waals surface area contributed by atoms with Crippen molar-refractivity contribution in [2.45, 2.75) is 148 Å². The summed E-state index contributed by atoms with van der Waals surface area (Å²) in [6, 6.07) is 24.9. The maximum atomic E-state index is 13.5. The topological polar surface area (TPSA) is 191 Å². The summed E-state index contributed by atoms with van der Waals surface area (Å²) in [7, 11) is 0. The Morgan fingerprint density at radius 3 is 1.54 bits per heavy atom. The molecular formula is C56H78N12O6. The van der Waals surface area contributed by atoms with Crippen LogP contribution < -0.4 is 21.3 Å². The lowest BCUT2D eigenvalue weighted by molar-refractivity contribution is -0.128. The number of aromatic nitrogens is 4. The van der Waals surface area contributed by atoms with E-state index in [1.54, 1.807) is 9.80 Å². The highest BCUT2D eigenvalue weighted by Crippen LogP contribution is 2.23. The molecule has 2 saturated heterocycles. The molecule has 18 nitrogen and oxygen atoms in total. The highest BCUT2D eigenvalue weighted by atomic mass is 16.6. The third-order valence-corrected chi connectivity index (χ3v) is 14.7. The molecule has 2 atom stereocenters. The molecule has 0 unspecified atom stereocenters. The third-order valence-electron chi connectivity index (χ3n) is 14.7. The summed E-state index contributed by atoms with van der Waals surface area (Å²) in [4.78, 5) is 82.5. The monoisotopic (exact) mass is 1010 g/mol. The van der Waals surface area contributed by atoms with Crippen molar-refractivity contribution in [2.24, 2.45) is 0 Å². The predicted molar refractivity (Wildman–Crippen MR) is 286 cm³/mol. The number of benzene rings is 3. The van der Waals surface area contributed by atoms with Gasteiger partial charge in [0.1, 0.15) is 29.3 Å². The Kier molecular flexibility index (Phi) is 18.1. The standard InChI is InChI=1S/C29H38N6O2.C27H40N6O4/c1-22-31-25-14-8-9-15-26(25)34(22)17-16-30-28(36)27-21-33(20-23-10-4-2-5-11-23)18-19-35(27)29(37)32-24-12-6-3-7-13-24;1-19-29-21-12-8-9-13-22(21)32(19)15-14-28-24(34)23-18-31(26(36)37-27(2,3)4)16-17-33(23)25(35)30-20-10-6-5-7-11-20/h2,4-5,8-11,14-15,24,27H,3,6-7,12-13,16-21H2,1H3,(H,30,36)(H,32,37);8-9,12-13,20,23H,5-7,10-11,14-18H2,1-4H3,(H,28,34)(H,30,35)/t27-;23-/m11/s1. The number of hydrogen-bond acceptors (Lipinski definition) is 9. The molecule has 0 spiro atoms. The lowest BCUT2D eigenvalue weighted by Crippen LogP contribution is -2.64. The molecule has 3 aromatic carbocycles. The van der Waals surface area contributed by atoms with Crippen molar-refractivity contribution in [1.82, 2.24) is 60.0 Å². The van der Waals surface area contributed by atoms with Crippen LogP contribution in [0.1, 0.15) is 102 Å². The van der Waals surface area contributed by atoms with E-state index in [2.05, 4.69) is 63.5 Å². The first-order valence-electron chi connectivity index (χ1n) is 27.0. The number of carbonyl (C=O) groups is 5. The Balaban J connectivity index is 0.000000197. The van der Waals surface area contributed by atoms with Gasteiger partial charge in [0.2, 0.25) is 11.8 Å². The summed E-state index contributed by atoms with van der Waals surface area (Å²) in [5, 5.41) is 12.5. The van der Waals surface area contributed by atoms with Crippen molar-refractivity contribution < 1.29 is 28.7 Å². The van der Waals surface area contributed by atoms with Crippen LogP contribution in [-0.4, -0.2) is 151 Å². The molecule has 9 rings (SSSR count). The maximum Gasteiger partial charge on any atom is 0.410 e. The lowest BCUT2D eigenvalue weighted by atomic mass is 9.95. The van der Waals surface area contributed by atoms with E-state index in [-0.39, 0.29) is 49.0 Å². The van der Waals surface area contributed by atoms with Gasteiger partial charge in [0.25, 0.3) is 0 Å². The summed E-state index contributed by atoms with van der Waals surface area (Å²) in [6.07, 6.45) is 10.4. The van der Waals surface area contributed by atoms with Gasteiger partial charge in [-0.25, -0.2) is 24.4 Å². The first-order valence-corrected chi connectivity index (χ1v) is 27.0. The fourth-order valence-electron chi connectivity index (χ4n) is 10.8. The Hall–Kier alpha value is -6.69. The van der Waals surface area contributed by atoms with Crippen molar-refractivity contribution >= 4 is 52.0 Å². The maximum absolute atomic E-state index is 13.5. The molecule has 5 aromatic rings. The van der Waals surface area contributed by atoms with Crippen LogP contribution in [-0.2, 0) is 34.0 Å². The van der Waals surface area contributed by atoms with E-state index >= 15 is 0 Å². The summed E-state index contributed by atoms with van der Waals surface area (Å²) in [5.74, 6) is 1.42. The Labute approximate surface area is 435 Å². The zero-order chi connectivity index (χ0) is 52.2. The van der Waals surface area contributed by atoms with E-state index < -0.39 is 23.8 Å². The Morgan fingerprint density at radius 2 is 1.04 bits per heavy atom. The molecule has 7 amide bonds. The van der Waals surface area contributed by atoms with Crippen LogP contribution in [0.2, 0.25) is 0 Å². The van der Waals surface area contributed by atoms with Crippen LogP contribution >= 0.6 is 0 Å². The van der Waals surface area contributed by atoms with Crippen LogP contribution in [0, 0.1) is 13.8 Å². The van der Waals surface area contributed by atoms with E-state index in [4.69, 9.17) is 4.74 Å². The zero-order valence-corrected chi connectivity index (χ0v) is 44.2. The second-order valence-electron chi connectivity index (χ2n) is 21.3. The summed E-state index contributed by atoms with van der Waals surface area (Å²) in [5.41, 5.74) is 4.52. The highest BCUT2D eigenvalue weighted by molar-refractivity contribution is 5.89. The molecule has 398 valence electrons. The van der Waals surface area contributed by atoms with Crippen molar-refractivity contribution in [2.75, 3.05) is 52.4 Å². The van der Waals surface area contributed by atoms with Crippen LogP contribution in [0.4, 0.5) is 14.4 Å². The van der Waals surface area contributed by atoms with Crippen LogP contribution in [0.25, 0.3) is 22.1 Å². The van der Waals surface area contributed by atoms with Gasteiger partial charge in [-0.15, -0.1) is 0 Å². The molecule has 2 saturated carbocycles. The van der Waals surface area contributed by atoms with E-state index in [1.807, 2.05) is 95.3 Å². The fourth-order valence-corrected chi connectivity index (χ4v) is 10.8. The quantitative estimate of drug-likeness (QED) is 0.101. The van der Waals surface area contributed by atoms with Crippen LogP contribution in [0.3, 0.4) is 0 Å². The minimum absolute atomic E-state index is 0.0892. The SMILES string of the molecule is Cc1nc2ccccc2n1CCNC(=O)[C@H]1CN(C(=O)OC(C)(C)C)CCN1C(=O)NC1CCCCC1.Cc1nc2ccccc2n1CCNC(=O)[C@H]1CN(Cc2ccccc2)CCN1C(=O)NC1CCCCC1. The highest BCUT2D eigenvalue weighted by Gasteiger charge is 2.39. The second-order valence-corrected chi connectivity index (χ2v) is 21.3. The van der Waals surface area contributed by atoms with Crippen LogP contribution in [0.15, 0.2) is 78.9 Å². The zero-order valence-electron chi connectivity index (χ0n) is 44.2. The number of nitrogens with zero attached hydrogens (tertiary/aromatic N) is 8. The largest absolute Gasteiger partial charge is 0.444 e. The fraction of sp³-hybridized carbons (Fsp3) is 0.554.